The maximum absolute atomic E-state index is 10.8. The van der Waals surface area contributed by atoms with E-state index in [2.05, 4.69) is 36.9 Å². The lowest BCUT2D eigenvalue weighted by Crippen LogP contribution is -2.29. The van der Waals surface area contributed by atoms with E-state index >= 15 is 0 Å². The van der Waals surface area contributed by atoms with Gasteiger partial charge in [-0.3, -0.25) is 0 Å². The molecule has 1 aliphatic rings. The predicted molar refractivity (Wildman–Crippen MR) is 124 cm³/mol. The van der Waals surface area contributed by atoms with Crippen LogP contribution in [0.15, 0.2) is 47.3 Å². The molecule has 0 bridgehead atoms. The SMILES string of the molecule is Cc1ncnc2c1ccn2[C@@H]1C[C@H](CCc2ccc3cc(Br)c(N)nc3c2)[C@@H](O)[C@H]1O. The number of hydrogen-bond acceptors (Lipinski definition) is 6. The maximum Gasteiger partial charge on any atom is 0.143 e. The number of aromatic nitrogens is 4. The summed E-state index contributed by atoms with van der Waals surface area (Å²) in [5.74, 6) is 0.471. The molecule has 0 aliphatic heterocycles. The van der Waals surface area contributed by atoms with Gasteiger partial charge < -0.3 is 20.5 Å². The van der Waals surface area contributed by atoms with Crippen LogP contribution in [0.2, 0.25) is 0 Å². The summed E-state index contributed by atoms with van der Waals surface area (Å²) in [7, 11) is 0. The molecule has 31 heavy (non-hydrogen) atoms. The Morgan fingerprint density at radius 1 is 1.16 bits per heavy atom. The number of halogens is 1. The third-order valence-electron chi connectivity index (χ3n) is 6.50. The van der Waals surface area contributed by atoms with E-state index in [1.165, 1.54) is 0 Å². The average Bonchev–Trinajstić information content (AvgIpc) is 3.30. The van der Waals surface area contributed by atoms with Crippen LogP contribution in [0.1, 0.15) is 30.1 Å². The zero-order chi connectivity index (χ0) is 21.7. The Bertz CT molecular complexity index is 1270. The molecule has 1 fully saturated rings. The molecular weight excluding hydrogens is 458 g/mol. The van der Waals surface area contributed by atoms with Crippen molar-refractivity contribution in [3.8, 4) is 0 Å². The van der Waals surface area contributed by atoms with Crippen molar-refractivity contribution in [3.63, 3.8) is 0 Å². The topological polar surface area (TPSA) is 110 Å². The highest BCUT2D eigenvalue weighted by atomic mass is 79.9. The van der Waals surface area contributed by atoms with Gasteiger partial charge in [0.1, 0.15) is 23.9 Å². The van der Waals surface area contributed by atoms with Gasteiger partial charge in [0, 0.05) is 17.0 Å². The second-order valence-electron chi connectivity index (χ2n) is 8.38. The summed E-state index contributed by atoms with van der Waals surface area (Å²) in [6.07, 6.45) is 4.15. The van der Waals surface area contributed by atoms with Gasteiger partial charge in [0.25, 0.3) is 0 Å². The first kappa shape index (κ1) is 20.4. The normalized spacial score (nSPS) is 23.7. The van der Waals surface area contributed by atoms with Crippen LogP contribution in [-0.2, 0) is 6.42 Å². The van der Waals surface area contributed by atoms with Gasteiger partial charge in [0.2, 0.25) is 0 Å². The number of hydrogen-bond donors (Lipinski definition) is 3. The van der Waals surface area contributed by atoms with Crippen molar-refractivity contribution in [3.05, 3.63) is 58.6 Å². The molecule has 8 heteroatoms. The number of aryl methyl sites for hydroxylation is 2. The maximum atomic E-state index is 10.8. The van der Waals surface area contributed by atoms with E-state index < -0.39 is 12.2 Å². The smallest absolute Gasteiger partial charge is 0.143 e. The Hall–Kier alpha value is -2.55. The molecule has 0 radical (unpaired) electrons. The van der Waals surface area contributed by atoms with Crippen LogP contribution in [0.5, 0.6) is 0 Å². The minimum Gasteiger partial charge on any atom is -0.390 e. The number of aliphatic hydroxyl groups excluding tert-OH is 2. The highest BCUT2D eigenvalue weighted by Crippen LogP contribution is 2.39. The molecule has 1 saturated carbocycles. The second-order valence-corrected chi connectivity index (χ2v) is 9.24. The van der Waals surface area contributed by atoms with Crippen molar-refractivity contribution in [1.29, 1.82) is 0 Å². The summed E-state index contributed by atoms with van der Waals surface area (Å²) >= 11 is 3.41. The van der Waals surface area contributed by atoms with E-state index in [4.69, 9.17) is 5.73 Å². The van der Waals surface area contributed by atoms with Crippen LogP contribution in [0.3, 0.4) is 0 Å². The zero-order valence-corrected chi connectivity index (χ0v) is 18.7. The minimum atomic E-state index is -0.828. The second kappa shape index (κ2) is 7.85. The van der Waals surface area contributed by atoms with Crippen LogP contribution in [0, 0.1) is 12.8 Å². The monoisotopic (exact) mass is 481 g/mol. The van der Waals surface area contributed by atoms with E-state index in [1.54, 1.807) is 6.33 Å². The zero-order valence-electron chi connectivity index (χ0n) is 17.1. The molecular formula is C23H24BrN5O2. The van der Waals surface area contributed by atoms with Crippen molar-refractivity contribution in [2.45, 2.75) is 44.4 Å². The summed E-state index contributed by atoms with van der Waals surface area (Å²) in [6.45, 7) is 1.95. The van der Waals surface area contributed by atoms with E-state index in [9.17, 15) is 10.2 Å². The van der Waals surface area contributed by atoms with Crippen molar-refractivity contribution in [2.75, 3.05) is 5.73 Å². The molecule has 4 aromatic rings. The van der Waals surface area contributed by atoms with Crippen molar-refractivity contribution in [2.24, 2.45) is 5.92 Å². The Balaban J connectivity index is 1.34. The summed E-state index contributed by atoms with van der Waals surface area (Å²) in [5.41, 5.74) is 9.63. The third-order valence-corrected chi connectivity index (χ3v) is 7.14. The molecule has 1 aromatic carbocycles. The largest absolute Gasteiger partial charge is 0.390 e. The summed E-state index contributed by atoms with van der Waals surface area (Å²) in [4.78, 5) is 13.1. The fraction of sp³-hybridized carbons (Fsp3) is 0.348. The number of nitrogen functional groups attached to an aromatic ring is 1. The van der Waals surface area contributed by atoms with Gasteiger partial charge in [-0.05, 0) is 71.8 Å². The molecule has 3 aromatic heterocycles. The minimum absolute atomic E-state index is 0.000900. The molecule has 3 heterocycles. The van der Waals surface area contributed by atoms with Crippen molar-refractivity contribution < 1.29 is 10.2 Å². The van der Waals surface area contributed by atoms with Crippen LogP contribution in [0.4, 0.5) is 5.82 Å². The quantitative estimate of drug-likeness (QED) is 0.411. The van der Waals surface area contributed by atoms with Gasteiger partial charge in [0.15, 0.2) is 0 Å². The fourth-order valence-corrected chi connectivity index (χ4v) is 5.07. The lowest BCUT2D eigenvalue weighted by molar-refractivity contribution is 0.00545. The fourth-order valence-electron chi connectivity index (χ4n) is 4.74. The number of anilines is 1. The molecule has 0 spiro atoms. The Morgan fingerprint density at radius 3 is 2.84 bits per heavy atom. The molecule has 0 amide bonds. The molecule has 1 aliphatic carbocycles. The lowest BCUT2D eigenvalue weighted by atomic mass is 9.95. The van der Waals surface area contributed by atoms with E-state index in [0.717, 1.165) is 50.5 Å². The van der Waals surface area contributed by atoms with E-state index in [0.29, 0.717) is 12.2 Å². The first-order valence-corrected chi connectivity index (χ1v) is 11.2. The van der Waals surface area contributed by atoms with Gasteiger partial charge >= 0.3 is 0 Å². The number of benzene rings is 1. The number of pyridine rings is 1. The molecule has 4 atom stereocenters. The van der Waals surface area contributed by atoms with Crippen LogP contribution >= 0.6 is 15.9 Å². The van der Waals surface area contributed by atoms with E-state index in [-0.39, 0.29) is 12.0 Å². The van der Waals surface area contributed by atoms with Crippen molar-refractivity contribution in [1.82, 2.24) is 19.5 Å². The summed E-state index contributed by atoms with van der Waals surface area (Å²) in [6, 6.07) is 9.91. The number of aliphatic hydroxyl groups is 2. The van der Waals surface area contributed by atoms with Crippen LogP contribution < -0.4 is 5.73 Å². The highest BCUT2D eigenvalue weighted by Gasteiger charge is 2.42. The predicted octanol–water partition coefficient (Wildman–Crippen LogP) is 3.55. The Kier molecular flexibility index (Phi) is 5.16. The highest BCUT2D eigenvalue weighted by molar-refractivity contribution is 9.10. The standard InChI is InChI=1S/C23H24BrN5O2/c1-12-16-6-7-29(23(16)27-11-26-12)19-10-15(20(30)21(19)31)5-3-13-2-4-14-9-17(24)22(25)28-18(14)8-13/h2,4,6-9,11,15,19-21,30-31H,3,5,10H2,1H3,(H2,25,28)/t15-,19+,20+,21-/m0/s1. The first-order valence-electron chi connectivity index (χ1n) is 10.4. The van der Waals surface area contributed by atoms with Gasteiger partial charge in [-0.2, -0.15) is 0 Å². The average molecular weight is 482 g/mol. The number of fused-ring (bicyclic) bond motifs is 2. The van der Waals surface area contributed by atoms with Gasteiger partial charge in [-0.1, -0.05) is 12.1 Å². The van der Waals surface area contributed by atoms with Gasteiger partial charge in [0.05, 0.1) is 27.8 Å². The molecule has 7 nitrogen and oxygen atoms in total. The van der Waals surface area contributed by atoms with Crippen LogP contribution in [-0.4, -0.2) is 41.9 Å². The number of nitrogens with zero attached hydrogens (tertiary/aromatic N) is 4. The van der Waals surface area contributed by atoms with Crippen molar-refractivity contribution >= 4 is 43.7 Å². The molecule has 0 unspecified atom stereocenters. The third kappa shape index (κ3) is 3.58. The van der Waals surface area contributed by atoms with Gasteiger partial charge in [-0.15, -0.1) is 0 Å². The first-order chi connectivity index (χ1) is 14.9. The molecule has 5 rings (SSSR count). The Morgan fingerprint density at radius 2 is 2.00 bits per heavy atom. The van der Waals surface area contributed by atoms with E-state index in [1.807, 2.05) is 42.0 Å². The lowest BCUT2D eigenvalue weighted by Gasteiger charge is -2.19. The molecule has 0 saturated heterocycles. The summed E-state index contributed by atoms with van der Waals surface area (Å²) < 4.78 is 2.78. The van der Waals surface area contributed by atoms with Crippen LogP contribution in [0.25, 0.3) is 21.9 Å². The molecule has 4 N–H and O–H groups in total. The number of rotatable bonds is 4. The molecule has 160 valence electrons. The van der Waals surface area contributed by atoms with Gasteiger partial charge in [-0.25, -0.2) is 15.0 Å². The Labute approximate surface area is 188 Å². The summed E-state index contributed by atoms with van der Waals surface area (Å²) in [5, 5.41) is 23.5. The number of nitrogens with two attached hydrogens (primary N) is 1.